The van der Waals surface area contributed by atoms with Gasteiger partial charge in [0.25, 0.3) is 11.8 Å². The second-order valence-corrected chi connectivity index (χ2v) is 12.0. The van der Waals surface area contributed by atoms with Crippen LogP contribution in [0.25, 0.3) is 0 Å². The van der Waals surface area contributed by atoms with Crippen molar-refractivity contribution in [1.29, 1.82) is 0 Å². The number of β-lactam (4-membered cyclic amide) rings is 1. The summed E-state index contributed by atoms with van der Waals surface area (Å²) in [5.41, 5.74) is 5.93. The number of nitrogen functional groups attached to an aromatic ring is 1. The number of hydrogen-bond donors (Lipinski definition) is 4. The summed E-state index contributed by atoms with van der Waals surface area (Å²) >= 11 is 2.31. The molecule has 4 saturated heterocycles. The van der Waals surface area contributed by atoms with E-state index in [1.165, 1.54) is 30.7 Å². The first-order chi connectivity index (χ1) is 18.1. The average Bonchev–Trinajstić information content (AvgIpc) is 3.31. The molecule has 0 aliphatic carbocycles. The predicted molar refractivity (Wildman–Crippen MR) is 138 cm³/mol. The van der Waals surface area contributed by atoms with Gasteiger partial charge in [-0.15, -0.1) is 11.8 Å². The van der Waals surface area contributed by atoms with Crippen molar-refractivity contribution in [3.8, 4) is 0 Å². The van der Waals surface area contributed by atoms with E-state index in [1.807, 2.05) is 0 Å². The Bertz CT molecular complexity index is 1240. The van der Waals surface area contributed by atoms with Gasteiger partial charge in [0.05, 0.1) is 25.2 Å². The number of thioether (sulfide) groups is 1. The van der Waals surface area contributed by atoms with Gasteiger partial charge in [0.15, 0.2) is 5.13 Å². The van der Waals surface area contributed by atoms with Crippen LogP contribution in [0.15, 0.2) is 16.4 Å². The minimum absolute atomic E-state index is 0.000689. The first-order valence-electron chi connectivity index (χ1n) is 12.1. The van der Waals surface area contributed by atoms with Crippen LogP contribution >= 0.6 is 23.3 Å². The van der Waals surface area contributed by atoms with Crippen molar-refractivity contribution < 1.29 is 33.6 Å². The molecule has 16 heteroatoms. The van der Waals surface area contributed by atoms with Gasteiger partial charge in [0.1, 0.15) is 30.8 Å². The number of aromatic nitrogens is 2. The van der Waals surface area contributed by atoms with E-state index in [1.54, 1.807) is 0 Å². The second-order valence-electron chi connectivity index (χ2n) is 10.1. The fourth-order valence-corrected chi connectivity index (χ4v) is 7.66. The molecule has 204 valence electrons. The van der Waals surface area contributed by atoms with Crippen LogP contribution in [0, 0.1) is 0 Å². The van der Waals surface area contributed by atoms with E-state index in [2.05, 4.69) is 25.1 Å². The number of carbonyl (C=O) groups is 4. The number of anilines is 1. The molecule has 4 fully saturated rings. The number of carbonyl (C=O) groups excluding carboxylic acids is 3. The molecule has 5 aliphatic rings. The molecule has 0 spiro atoms. The summed E-state index contributed by atoms with van der Waals surface area (Å²) in [5.74, 6) is -2.01. The van der Waals surface area contributed by atoms with Crippen LogP contribution in [0.1, 0.15) is 32.0 Å². The number of piperidine rings is 3. The van der Waals surface area contributed by atoms with Crippen molar-refractivity contribution in [2.45, 2.75) is 43.1 Å². The highest BCUT2D eigenvalue weighted by Crippen LogP contribution is 2.43. The lowest BCUT2D eigenvalue weighted by Gasteiger charge is -2.56. The summed E-state index contributed by atoms with van der Waals surface area (Å²) in [6.45, 7) is 4.60. The number of amides is 3. The van der Waals surface area contributed by atoms with Crippen molar-refractivity contribution >= 4 is 57.8 Å². The number of rotatable bonds is 8. The maximum Gasteiger partial charge on any atom is 0.352 e. The summed E-state index contributed by atoms with van der Waals surface area (Å²) in [4.78, 5) is 60.0. The topological polar surface area (TPSA) is 189 Å². The first-order valence-corrected chi connectivity index (χ1v) is 13.9. The molecule has 0 aromatic carbocycles. The van der Waals surface area contributed by atoms with E-state index in [4.69, 9.17) is 10.6 Å². The number of aliphatic carboxylic acids is 1. The van der Waals surface area contributed by atoms with Crippen molar-refractivity contribution in [3.05, 3.63) is 17.1 Å². The Morgan fingerprint density at radius 3 is 2.53 bits per heavy atom. The standard InChI is InChI=1S/C22H28N8O6S2/c1-11(31)26-22-3-6-30(7-4-22,8-5-22)9-12-10-37-19-14(18(33)29(19)15(12)20(34)35)24-17(32)13(27-36-2)16-25-21(23)38-28-16/h14,19H,3-10H2,1-2H3,(H4-,23,24,25,26,28,31,32,34,35)/p+1/b27-13-/t14-,19-,22?,30?/m1/s1. The monoisotopic (exact) mass is 565 g/mol. The lowest BCUT2D eigenvalue weighted by Crippen LogP contribution is -2.72. The maximum atomic E-state index is 13.1. The van der Waals surface area contributed by atoms with Gasteiger partial charge in [-0.25, -0.2) is 4.79 Å². The second kappa shape index (κ2) is 9.81. The van der Waals surface area contributed by atoms with Gasteiger partial charge in [-0.2, -0.15) is 9.36 Å². The van der Waals surface area contributed by atoms with Gasteiger partial charge in [-0.1, -0.05) is 5.16 Å². The number of nitrogens with zero attached hydrogens (tertiary/aromatic N) is 5. The average molecular weight is 566 g/mol. The molecule has 0 unspecified atom stereocenters. The zero-order valence-corrected chi connectivity index (χ0v) is 22.6. The van der Waals surface area contributed by atoms with Gasteiger partial charge in [-0.3, -0.25) is 19.3 Å². The molecular weight excluding hydrogens is 536 g/mol. The highest BCUT2D eigenvalue weighted by molar-refractivity contribution is 8.00. The van der Waals surface area contributed by atoms with Crippen molar-refractivity contribution in [1.82, 2.24) is 24.9 Å². The number of nitrogens with one attached hydrogen (secondary N) is 2. The lowest BCUT2D eigenvalue weighted by molar-refractivity contribution is -0.938. The third-order valence-corrected chi connectivity index (χ3v) is 9.63. The first kappa shape index (κ1) is 26.4. The van der Waals surface area contributed by atoms with Gasteiger partial charge in [0.2, 0.25) is 17.4 Å². The van der Waals surface area contributed by atoms with E-state index in [-0.39, 0.29) is 33.8 Å². The molecule has 0 radical (unpaired) electrons. The number of fused-ring (bicyclic) bond motifs is 4. The summed E-state index contributed by atoms with van der Waals surface area (Å²) in [6.07, 6.45) is 2.54. The van der Waals surface area contributed by atoms with Gasteiger partial charge >= 0.3 is 5.97 Å². The molecule has 14 nitrogen and oxygen atoms in total. The number of oxime groups is 1. The fraction of sp³-hybridized carbons (Fsp3) is 0.591. The largest absolute Gasteiger partial charge is 0.477 e. The van der Waals surface area contributed by atoms with Gasteiger partial charge in [0, 0.05) is 49.0 Å². The van der Waals surface area contributed by atoms with E-state index in [0.29, 0.717) is 12.3 Å². The van der Waals surface area contributed by atoms with E-state index in [0.717, 1.165) is 60.5 Å². The quantitative estimate of drug-likeness (QED) is 0.133. The maximum absolute atomic E-state index is 13.1. The van der Waals surface area contributed by atoms with Crippen LogP contribution in [0.3, 0.4) is 0 Å². The molecule has 1 aromatic heterocycles. The Morgan fingerprint density at radius 1 is 1.29 bits per heavy atom. The molecule has 3 amide bonds. The predicted octanol–water partition coefficient (Wildman–Crippen LogP) is -0.901. The van der Waals surface area contributed by atoms with Crippen molar-refractivity contribution in [2.75, 3.05) is 44.8 Å². The van der Waals surface area contributed by atoms with Crippen molar-refractivity contribution in [2.24, 2.45) is 5.16 Å². The van der Waals surface area contributed by atoms with Gasteiger partial charge < -0.3 is 30.8 Å². The number of nitrogens with two attached hydrogens (primary N) is 1. The highest BCUT2D eigenvalue weighted by atomic mass is 32.2. The van der Waals surface area contributed by atoms with Crippen LogP contribution in [-0.2, 0) is 24.0 Å². The zero-order chi connectivity index (χ0) is 27.2. The molecule has 5 aliphatic heterocycles. The highest BCUT2D eigenvalue weighted by Gasteiger charge is 2.56. The molecule has 2 atom stereocenters. The van der Waals surface area contributed by atoms with Crippen LogP contribution in [-0.4, -0.2) is 109 Å². The third kappa shape index (κ3) is 4.60. The number of carboxylic acid groups (broad SMARTS) is 1. The summed E-state index contributed by atoms with van der Waals surface area (Å²) < 4.78 is 4.72. The molecule has 0 saturated carbocycles. The molecule has 5 N–H and O–H groups in total. The summed E-state index contributed by atoms with van der Waals surface area (Å²) in [6, 6.07) is -0.934. The summed E-state index contributed by atoms with van der Waals surface area (Å²) in [5, 5.41) is 19.1. The van der Waals surface area contributed by atoms with E-state index in [9.17, 15) is 24.3 Å². The molecule has 38 heavy (non-hydrogen) atoms. The molecule has 1 aromatic rings. The number of carboxylic acids is 1. The van der Waals surface area contributed by atoms with Crippen LogP contribution < -0.4 is 16.4 Å². The number of quaternary nitrogens is 1. The van der Waals surface area contributed by atoms with Crippen LogP contribution in [0.4, 0.5) is 5.13 Å². The molecule has 6 rings (SSSR count). The Morgan fingerprint density at radius 2 is 1.97 bits per heavy atom. The fourth-order valence-electron chi connectivity index (χ4n) is 5.89. The lowest BCUT2D eigenvalue weighted by atomic mass is 9.77. The zero-order valence-electron chi connectivity index (χ0n) is 20.9. The van der Waals surface area contributed by atoms with Crippen LogP contribution in [0.5, 0.6) is 0 Å². The third-order valence-electron chi connectivity index (χ3n) is 7.75. The van der Waals surface area contributed by atoms with E-state index >= 15 is 0 Å². The van der Waals surface area contributed by atoms with Crippen LogP contribution in [0.2, 0.25) is 0 Å². The van der Waals surface area contributed by atoms with Gasteiger partial charge in [-0.05, 0) is 0 Å². The van der Waals surface area contributed by atoms with Crippen molar-refractivity contribution in [3.63, 3.8) is 0 Å². The van der Waals surface area contributed by atoms with E-state index < -0.39 is 29.2 Å². The number of hydrogen-bond acceptors (Lipinski definition) is 11. The smallest absolute Gasteiger partial charge is 0.352 e. The Labute approximate surface area is 226 Å². The minimum Gasteiger partial charge on any atom is -0.477 e. The molecular formula is C22H29N8O6S2+. The molecule has 6 heterocycles. The summed E-state index contributed by atoms with van der Waals surface area (Å²) in [7, 11) is 1.26. The Hall–Kier alpha value is -3.24. The Balaban J connectivity index is 1.30. The normalized spacial score (nSPS) is 30.4. The SMILES string of the molecule is CO/N=C(\C(=O)N[C@@H]1C(=O)N2C(C(=O)O)=C(C[N+]34CCC(NC(C)=O)(CC3)CC4)CS[C@H]12)c1nsc(N)n1. The minimum atomic E-state index is -1.16. The Kier molecular flexibility index (Phi) is 6.81. The molecule has 2 bridgehead atoms.